The molecular weight excluding hydrogens is 328 g/mol. The summed E-state index contributed by atoms with van der Waals surface area (Å²) in [4.78, 5) is 11.7. The summed E-state index contributed by atoms with van der Waals surface area (Å²) >= 11 is 0. The molecule has 0 aliphatic heterocycles. The van der Waals surface area contributed by atoms with Gasteiger partial charge in [0.05, 0.1) is 20.3 Å². The fourth-order valence-corrected chi connectivity index (χ4v) is 5.44. The Balaban J connectivity index is 3.00. The summed E-state index contributed by atoms with van der Waals surface area (Å²) in [5.41, 5.74) is 0. The number of carbonyl (C=O) groups is 1. The van der Waals surface area contributed by atoms with Crippen LogP contribution in [0.2, 0.25) is 37.3 Å². The van der Waals surface area contributed by atoms with Crippen molar-refractivity contribution < 1.29 is 9.22 Å². The molecule has 0 aliphatic carbocycles. The highest BCUT2D eigenvalue weighted by Gasteiger charge is 2.39. The van der Waals surface area contributed by atoms with Gasteiger partial charge < -0.3 is 4.43 Å². The minimum Gasteiger partial charge on any atom is -0.546 e. The van der Waals surface area contributed by atoms with E-state index >= 15 is 0 Å². The van der Waals surface area contributed by atoms with Crippen LogP contribution in [0.5, 0.6) is 0 Å². The summed E-state index contributed by atoms with van der Waals surface area (Å²) in [6.07, 6.45) is 2.60. The van der Waals surface area contributed by atoms with Gasteiger partial charge in [-0.1, -0.05) is 75.5 Å². The van der Waals surface area contributed by atoms with Crippen LogP contribution < -0.4 is 5.19 Å². The maximum Gasteiger partial charge on any atom is 0.250 e. The molecule has 2 nitrogen and oxygen atoms in total. The van der Waals surface area contributed by atoms with E-state index in [0.29, 0.717) is 6.42 Å². The van der Waals surface area contributed by atoms with Gasteiger partial charge >= 0.3 is 0 Å². The summed E-state index contributed by atoms with van der Waals surface area (Å²) in [6.45, 7) is 17.5. The van der Waals surface area contributed by atoms with Crippen molar-refractivity contribution in [3.05, 3.63) is 42.2 Å². The predicted molar refractivity (Wildman–Crippen MR) is 110 cm³/mol. The monoisotopic (exact) mass is 362 g/mol. The number of rotatable bonds is 7. The van der Waals surface area contributed by atoms with Gasteiger partial charge in [-0.05, 0) is 31.1 Å². The van der Waals surface area contributed by atoms with Gasteiger partial charge in [-0.15, -0.1) is 0 Å². The van der Waals surface area contributed by atoms with E-state index in [1.54, 1.807) is 6.92 Å². The molecule has 134 valence electrons. The number of ketones is 1. The molecule has 0 aromatic heterocycles. The van der Waals surface area contributed by atoms with E-state index in [9.17, 15) is 4.79 Å². The Bertz CT molecular complexity index is 581. The smallest absolute Gasteiger partial charge is 0.250 e. The van der Waals surface area contributed by atoms with Crippen molar-refractivity contribution in [2.45, 2.75) is 71.4 Å². The summed E-state index contributed by atoms with van der Waals surface area (Å²) in [5, 5.41) is 1.57. The van der Waals surface area contributed by atoms with E-state index in [4.69, 9.17) is 4.43 Å². The lowest BCUT2D eigenvalue weighted by molar-refractivity contribution is -0.116. The summed E-state index contributed by atoms with van der Waals surface area (Å²) in [7, 11) is -3.48. The number of hydrogen-bond acceptors (Lipinski definition) is 2. The van der Waals surface area contributed by atoms with Gasteiger partial charge in [0.25, 0.3) is 0 Å². The van der Waals surface area contributed by atoms with Gasteiger partial charge in [-0.2, -0.15) is 0 Å². The van der Waals surface area contributed by atoms with Crippen molar-refractivity contribution in [3.63, 3.8) is 0 Å². The predicted octanol–water partition coefficient (Wildman–Crippen LogP) is 5.49. The van der Waals surface area contributed by atoms with Crippen LogP contribution in [0.1, 0.15) is 34.1 Å². The number of hydrogen-bond donors (Lipinski definition) is 0. The van der Waals surface area contributed by atoms with Crippen LogP contribution in [-0.4, -0.2) is 22.2 Å². The highest BCUT2D eigenvalue weighted by molar-refractivity contribution is 6.90. The summed E-state index contributed by atoms with van der Waals surface area (Å²) in [5.74, 6) is 1.05. The average molecular weight is 363 g/mol. The Kier molecular flexibility index (Phi) is 6.82. The molecule has 0 heterocycles. The van der Waals surface area contributed by atoms with Gasteiger partial charge in [0.1, 0.15) is 5.78 Å². The molecule has 1 aromatic carbocycles. The molecule has 1 aromatic rings. The lowest BCUT2D eigenvalue weighted by atomic mass is 10.2. The molecule has 0 atom stereocenters. The standard InChI is InChI=1S/C20H34O2Si2/c1-17(21)16-18(22-24(7,8)20(2,3)4)14-15-23(5,6)19-12-10-9-11-13-19/h9-14H,15-16H2,1-8H3/b18-14-. The van der Waals surface area contributed by atoms with E-state index in [-0.39, 0.29) is 10.8 Å². The first kappa shape index (κ1) is 20.9. The van der Waals surface area contributed by atoms with E-state index < -0.39 is 16.4 Å². The Morgan fingerprint density at radius 2 is 1.62 bits per heavy atom. The molecule has 0 amide bonds. The molecule has 0 spiro atoms. The van der Waals surface area contributed by atoms with Gasteiger partial charge in [-0.25, -0.2) is 0 Å². The zero-order chi connectivity index (χ0) is 18.6. The van der Waals surface area contributed by atoms with Gasteiger partial charge in [0, 0.05) is 0 Å². The summed E-state index contributed by atoms with van der Waals surface area (Å²) < 4.78 is 6.45. The van der Waals surface area contributed by atoms with E-state index in [1.165, 1.54) is 5.19 Å². The van der Waals surface area contributed by atoms with Gasteiger partial charge in [0.2, 0.25) is 8.32 Å². The fourth-order valence-electron chi connectivity index (χ4n) is 2.25. The summed E-state index contributed by atoms with van der Waals surface area (Å²) in [6, 6.07) is 11.7. The molecule has 0 saturated carbocycles. The topological polar surface area (TPSA) is 26.3 Å². The molecule has 24 heavy (non-hydrogen) atoms. The van der Waals surface area contributed by atoms with Crippen LogP contribution in [0.15, 0.2) is 42.2 Å². The first-order valence-corrected chi connectivity index (χ1v) is 14.9. The number of allylic oxidation sites excluding steroid dienone is 2. The maximum absolute atomic E-state index is 11.7. The van der Waals surface area contributed by atoms with Gasteiger partial charge in [0.15, 0.2) is 0 Å². The Morgan fingerprint density at radius 3 is 2.08 bits per heavy atom. The van der Waals surface area contributed by atoms with Crippen molar-refractivity contribution in [1.82, 2.24) is 0 Å². The number of carbonyl (C=O) groups excluding carboxylic acids is 1. The molecule has 1 rings (SSSR count). The molecule has 0 N–H and O–H groups in total. The van der Waals surface area contributed by atoms with Crippen molar-refractivity contribution in [2.75, 3.05) is 0 Å². The van der Waals surface area contributed by atoms with Crippen LogP contribution >= 0.6 is 0 Å². The van der Waals surface area contributed by atoms with Crippen molar-refractivity contribution >= 4 is 27.4 Å². The van der Waals surface area contributed by atoms with Crippen molar-refractivity contribution in [3.8, 4) is 0 Å². The maximum atomic E-state index is 11.7. The first-order valence-electron chi connectivity index (χ1n) is 8.78. The first-order chi connectivity index (χ1) is 10.8. The normalized spacial score (nSPS) is 13.8. The van der Waals surface area contributed by atoms with Crippen LogP contribution in [-0.2, 0) is 9.22 Å². The second-order valence-electron chi connectivity index (χ2n) is 8.87. The molecule has 0 saturated heterocycles. The van der Waals surface area contributed by atoms with E-state index in [0.717, 1.165) is 11.8 Å². The van der Waals surface area contributed by atoms with E-state index in [2.05, 4.69) is 83.4 Å². The number of Topliss-reactive ketones (excluding diaryl/α,β-unsaturated/α-hetero) is 1. The molecule has 0 aliphatic rings. The molecule has 0 fully saturated rings. The molecule has 0 unspecified atom stereocenters. The van der Waals surface area contributed by atoms with Crippen LogP contribution in [0.3, 0.4) is 0 Å². The van der Waals surface area contributed by atoms with Crippen molar-refractivity contribution in [1.29, 1.82) is 0 Å². The molecule has 4 heteroatoms. The molecule has 0 bridgehead atoms. The lowest BCUT2D eigenvalue weighted by Gasteiger charge is -2.37. The fraction of sp³-hybridized carbons (Fsp3) is 0.550. The third-order valence-electron chi connectivity index (χ3n) is 5.01. The van der Waals surface area contributed by atoms with Crippen LogP contribution in [0.4, 0.5) is 0 Å². The van der Waals surface area contributed by atoms with Crippen molar-refractivity contribution in [2.24, 2.45) is 0 Å². The minimum absolute atomic E-state index is 0.134. The zero-order valence-corrected chi connectivity index (χ0v) is 18.7. The van der Waals surface area contributed by atoms with Crippen LogP contribution in [0.25, 0.3) is 0 Å². The minimum atomic E-state index is -1.92. The highest BCUT2D eigenvalue weighted by atomic mass is 28.4. The largest absolute Gasteiger partial charge is 0.546 e. The molecule has 0 radical (unpaired) electrons. The Morgan fingerprint density at radius 1 is 1.08 bits per heavy atom. The zero-order valence-electron chi connectivity index (χ0n) is 16.7. The quantitative estimate of drug-likeness (QED) is 0.474. The Hall–Kier alpha value is -1.14. The third-order valence-corrected chi connectivity index (χ3v) is 12.5. The highest BCUT2D eigenvalue weighted by Crippen LogP contribution is 2.38. The Labute approximate surface area is 150 Å². The number of benzene rings is 1. The average Bonchev–Trinajstić information content (AvgIpc) is 2.44. The van der Waals surface area contributed by atoms with E-state index in [1.807, 2.05) is 0 Å². The SMILES string of the molecule is CC(=O)C/C(=C/C[Si](C)(C)c1ccccc1)O[Si](C)(C)C(C)(C)C. The second-order valence-corrected chi connectivity index (χ2v) is 18.3. The molecular formula is C20H34O2Si2. The van der Waals surface area contributed by atoms with Gasteiger partial charge in [-0.3, -0.25) is 4.79 Å². The third kappa shape index (κ3) is 6.06. The lowest BCUT2D eigenvalue weighted by Crippen LogP contribution is -2.42. The second kappa shape index (κ2) is 7.83. The van der Waals surface area contributed by atoms with Crippen LogP contribution in [0, 0.1) is 0 Å².